The van der Waals surface area contributed by atoms with E-state index in [9.17, 15) is 9.59 Å². The summed E-state index contributed by atoms with van der Waals surface area (Å²) in [5, 5.41) is 3.16. The zero-order valence-corrected chi connectivity index (χ0v) is 11.6. The van der Waals surface area contributed by atoms with Gasteiger partial charge in [0.15, 0.2) is 0 Å². The molecular formula is C14H16ClNO3. The Balaban J connectivity index is 2.51. The molecule has 0 aliphatic heterocycles. The van der Waals surface area contributed by atoms with E-state index in [-0.39, 0.29) is 5.91 Å². The maximum absolute atomic E-state index is 11.6. The average Bonchev–Trinajstić information content (AvgIpc) is 2.38. The molecule has 0 bridgehead atoms. The molecule has 1 aromatic rings. The molecule has 0 aliphatic carbocycles. The Morgan fingerprint density at radius 3 is 2.58 bits per heavy atom. The highest BCUT2D eigenvalue weighted by Gasteiger charge is 2.14. The van der Waals surface area contributed by atoms with E-state index < -0.39 is 12.0 Å². The van der Waals surface area contributed by atoms with Crippen LogP contribution in [0.25, 0.3) is 6.08 Å². The van der Waals surface area contributed by atoms with Crippen molar-refractivity contribution in [3.63, 3.8) is 0 Å². The van der Waals surface area contributed by atoms with E-state index in [2.05, 4.69) is 5.32 Å². The van der Waals surface area contributed by atoms with Crippen molar-refractivity contribution in [2.75, 3.05) is 6.61 Å². The Kier molecular flexibility index (Phi) is 6.09. The molecule has 19 heavy (non-hydrogen) atoms. The van der Waals surface area contributed by atoms with Crippen LogP contribution < -0.4 is 5.32 Å². The predicted octanol–water partition coefficient (Wildman–Crippen LogP) is 2.42. The van der Waals surface area contributed by atoms with Crippen molar-refractivity contribution in [1.29, 1.82) is 0 Å². The van der Waals surface area contributed by atoms with Gasteiger partial charge < -0.3 is 10.1 Å². The molecule has 0 saturated heterocycles. The minimum Gasteiger partial charge on any atom is -0.464 e. The smallest absolute Gasteiger partial charge is 0.328 e. The van der Waals surface area contributed by atoms with Crippen LogP contribution in [0.1, 0.15) is 19.4 Å². The first-order valence-electron chi connectivity index (χ1n) is 5.93. The van der Waals surface area contributed by atoms with Crippen molar-refractivity contribution in [3.8, 4) is 0 Å². The van der Waals surface area contributed by atoms with Gasteiger partial charge >= 0.3 is 5.97 Å². The van der Waals surface area contributed by atoms with Gasteiger partial charge in [0.05, 0.1) is 6.61 Å². The highest BCUT2D eigenvalue weighted by Crippen LogP contribution is 2.10. The Bertz CT molecular complexity index is 468. The zero-order valence-electron chi connectivity index (χ0n) is 10.9. The van der Waals surface area contributed by atoms with E-state index in [4.69, 9.17) is 16.3 Å². The van der Waals surface area contributed by atoms with Gasteiger partial charge in [-0.25, -0.2) is 4.79 Å². The first-order chi connectivity index (χ1) is 9.02. The maximum Gasteiger partial charge on any atom is 0.328 e. The molecule has 1 rings (SSSR count). The molecule has 4 nitrogen and oxygen atoms in total. The lowest BCUT2D eigenvalue weighted by atomic mass is 10.2. The first kappa shape index (κ1) is 15.2. The number of nitrogens with one attached hydrogen (secondary N) is 1. The fourth-order valence-corrected chi connectivity index (χ4v) is 1.46. The molecule has 0 saturated carbocycles. The van der Waals surface area contributed by atoms with Crippen LogP contribution >= 0.6 is 11.6 Å². The Morgan fingerprint density at radius 2 is 2.00 bits per heavy atom. The molecule has 0 unspecified atom stereocenters. The standard InChI is InChI=1S/C14H16ClNO3/c1-3-19-14(18)10(2)16-13(17)9-6-11-4-7-12(15)8-5-11/h4-10H,3H2,1-2H3,(H,16,17)/b9-6+/t10-/m0/s1. The molecule has 1 aromatic carbocycles. The van der Waals surface area contributed by atoms with Gasteiger partial charge in [-0.2, -0.15) is 0 Å². The lowest BCUT2D eigenvalue weighted by Gasteiger charge is -2.10. The van der Waals surface area contributed by atoms with Crippen LogP contribution in [0.15, 0.2) is 30.3 Å². The van der Waals surface area contributed by atoms with Gasteiger partial charge in [-0.15, -0.1) is 0 Å². The number of halogens is 1. The number of amides is 1. The lowest BCUT2D eigenvalue weighted by molar-refractivity contribution is -0.146. The van der Waals surface area contributed by atoms with Gasteiger partial charge in [0.2, 0.25) is 5.91 Å². The van der Waals surface area contributed by atoms with Gasteiger partial charge in [-0.3, -0.25) is 4.79 Å². The van der Waals surface area contributed by atoms with E-state index in [0.717, 1.165) is 5.56 Å². The SMILES string of the molecule is CCOC(=O)[C@H](C)NC(=O)/C=C/c1ccc(Cl)cc1. The summed E-state index contributed by atoms with van der Waals surface area (Å²) in [5.74, 6) is -0.800. The number of carbonyl (C=O) groups excluding carboxylic acids is 2. The van der Waals surface area contributed by atoms with Crippen LogP contribution in [0, 0.1) is 0 Å². The normalized spacial score (nSPS) is 12.2. The summed E-state index contributed by atoms with van der Waals surface area (Å²) >= 11 is 5.75. The van der Waals surface area contributed by atoms with E-state index in [1.54, 1.807) is 44.2 Å². The van der Waals surface area contributed by atoms with E-state index >= 15 is 0 Å². The second-order valence-corrected chi connectivity index (χ2v) is 4.30. The van der Waals surface area contributed by atoms with Crippen LogP contribution in [-0.4, -0.2) is 24.5 Å². The average molecular weight is 282 g/mol. The van der Waals surface area contributed by atoms with E-state index in [0.29, 0.717) is 11.6 Å². The largest absolute Gasteiger partial charge is 0.464 e. The van der Waals surface area contributed by atoms with Crippen molar-refractivity contribution >= 4 is 29.6 Å². The monoisotopic (exact) mass is 281 g/mol. The Morgan fingerprint density at radius 1 is 1.37 bits per heavy atom. The maximum atomic E-state index is 11.6. The summed E-state index contributed by atoms with van der Waals surface area (Å²) in [7, 11) is 0. The molecule has 0 spiro atoms. The van der Waals surface area contributed by atoms with Crippen LogP contribution in [0.3, 0.4) is 0 Å². The molecule has 0 aliphatic rings. The lowest BCUT2D eigenvalue weighted by Crippen LogP contribution is -2.38. The fourth-order valence-electron chi connectivity index (χ4n) is 1.33. The second kappa shape index (κ2) is 7.59. The third-order valence-corrected chi connectivity index (χ3v) is 2.55. The van der Waals surface area contributed by atoms with Gasteiger partial charge in [0.1, 0.15) is 6.04 Å². The Hall–Kier alpha value is -1.81. The number of hydrogen-bond donors (Lipinski definition) is 1. The van der Waals surface area contributed by atoms with Gasteiger partial charge in [-0.05, 0) is 37.6 Å². The van der Waals surface area contributed by atoms with Gasteiger partial charge in [-0.1, -0.05) is 23.7 Å². The van der Waals surface area contributed by atoms with Crippen LogP contribution in [0.5, 0.6) is 0 Å². The van der Waals surface area contributed by atoms with Crippen molar-refractivity contribution in [3.05, 3.63) is 40.9 Å². The number of ether oxygens (including phenoxy) is 1. The topological polar surface area (TPSA) is 55.4 Å². The predicted molar refractivity (Wildman–Crippen MR) is 74.7 cm³/mol. The van der Waals surface area contributed by atoms with Crippen molar-refractivity contribution < 1.29 is 14.3 Å². The third kappa shape index (κ3) is 5.57. The summed E-state index contributed by atoms with van der Waals surface area (Å²) in [6.07, 6.45) is 3.00. The van der Waals surface area contributed by atoms with Crippen molar-refractivity contribution in [2.45, 2.75) is 19.9 Å². The molecule has 1 atom stereocenters. The highest BCUT2D eigenvalue weighted by atomic mass is 35.5. The van der Waals surface area contributed by atoms with Crippen LogP contribution in [0.2, 0.25) is 5.02 Å². The number of hydrogen-bond acceptors (Lipinski definition) is 3. The number of carbonyl (C=O) groups is 2. The molecule has 0 aromatic heterocycles. The van der Waals surface area contributed by atoms with Crippen molar-refractivity contribution in [2.24, 2.45) is 0 Å². The third-order valence-electron chi connectivity index (χ3n) is 2.30. The number of rotatable bonds is 5. The summed E-state index contributed by atoms with van der Waals surface area (Å²) in [5.41, 5.74) is 0.850. The number of benzene rings is 1. The first-order valence-corrected chi connectivity index (χ1v) is 6.31. The van der Waals surface area contributed by atoms with Crippen molar-refractivity contribution in [1.82, 2.24) is 5.32 Å². The summed E-state index contributed by atoms with van der Waals surface area (Å²) in [6.45, 7) is 3.58. The van der Waals surface area contributed by atoms with Gasteiger partial charge in [0.25, 0.3) is 0 Å². The second-order valence-electron chi connectivity index (χ2n) is 3.87. The van der Waals surface area contributed by atoms with E-state index in [1.807, 2.05) is 0 Å². The minimum atomic E-state index is -0.665. The fraction of sp³-hybridized carbons (Fsp3) is 0.286. The van der Waals surface area contributed by atoms with E-state index in [1.165, 1.54) is 6.08 Å². The van der Waals surface area contributed by atoms with Gasteiger partial charge in [0, 0.05) is 11.1 Å². The summed E-state index contributed by atoms with van der Waals surface area (Å²) in [4.78, 5) is 22.9. The van der Waals surface area contributed by atoms with Crippen LogP contribution in [-0.2, 0) is 14.3 Å². The minimum absolute atomic E-state index is 0.291. The Labute approximate surface area is 117 Å². The molecule has 0 fully saturated rings. The molecule has 1 N–H and O–H groups in total. The number of esters is 1. The highest BCUT2D eigenvalue weighted by molar-refractivity contribution is 6.30. The zero-order chi connectivity index (χ0) is 14.3. The summed E-state index contributed by atoms with van der Waals surface area (Å²) < 4.78 is 4.79. The molecule has 0 radical (unpaired) electrons. The van der Waals surface area contributed by atoms with Crippen LogP contribution in [0.4, 0.5) is 0 Å². The molecule has 1 amide bonds. The molecular weight excluding hydrogens is 266 g/mol. The molecule has 102 valence electrons. The quantitative estimate of drug-likeness (QED) is 0.666. The molecule has 5 heteroatoms. The molecule has 0 heterocycles. The summed E-state index contributed by atoms with van der Waals surface area (Å²) in [6, 6.07) is 6.39.